The van der Waals surface area contributed by atoms with Crippen LogP contribution in [0.1, 0.15) is 41.3 Å². The Labute approximate surface area is 186 Å². The Kier molecular flexibility index (Phi) is 7.67. The number of nitrogens with one attached hydrogen (secondary N) is 1. The number of carbonyl (C=O) groups is 1. The third-order valence-electron chi connectivity index (χ3n) is 5.08. The number of halogens is 1. The van der Waals surface area contributed by atoms with Crippen molar-refractivity contribution in [1.29, 1.82) is 0 Å². The summed E-state index contributed by atoms with van der Waals surface area (Å²) < 4.78 is 36.0. The predicted octanol–water partition coefficient (Wildman–Crippen LogP) is 5.92. The normalized spacial score (nSPS) is 13.5. The van der Waals surface area contributed by atoms with Gasteiger partial charge in [0, 0.05) is 18.0 Å². The number of unbranched alkanes of at least 4 members (excludes halogenated alkanes) is 1. The highest BCUT2D eigenvalue weighted by molar-refractivity contribution is 7.52. The van der Waals surface area contributed by atoms with Crippen molar-refractivity contribution in [3.63, 3.8) is 0 Å². The highest BCUT2D eigenvalue weighted by atomic mass is 31.2. The Balaban J connectivity index is 1.89. The van der Waals surface area contributed by atoms with E-state index in [-0.39, 0.29) is 24.5 Å². The van der Waals surface area contributed by atoms with Crippen molar-refractivity contribution < 1.29 is 27.6 Å². The van der Waals surface area contributed by atoms with E-state index in [1.807, 2.05) is 31.2 Å². The van der Waals surface area contributed by atoms with E-state index in [1.165, 1.54) is 12.1 Å². The number of fused-ring (bicyclic) bond motifs is 1. The number of allylic oxidation sites excluding steroid dienone is 1. The van der Waals surface area contributed by atoms with Gasteiger partial charge in [0.2, 0.25) is 0 Å². The first-order valence-corrected chi connectivity index (χ1v) is 12.2. The van der Waals surface area contributed by atoms with Crippen LogP contribution in [-0.2, 0) is 9.09 Å². The van der Waals surface area contributed by atoms with Gasteiger partial charge in [0.25, 0.3) is 5.91 Å². The van der Waals surface area contributed by atoms with E-state index in [2.05, 4.69) is 5.32 Å². The predicted molar refractivity (Wildman–Crippen MR) is 124 cm³/mol. The van der Waals surface area contributed by atoms with Gasteiger partial charge >= 0.3 is 7.60 Å². The van der Waals surface area contributed by atoms with Crippen LogP contribution in [-0.4, -0.2) is 30.6 Å². The molecule has 0 aliphatic heterocycles. The molecule has 0 bridgehead atoms. The average molecular weight is 459 g/mol. The lowest BCUT2D eigenvalue weighted by Gasteiger charge is -2.09. The first-order valence-electron chi connectivity index (χ1n) is 10.4. The summed E-state index contributed by atoms with van der Waals surface area (Å²) in [7, 11) is -1.95. The smallest absolute Gasteiger partial charge is 0.328 e. The molecule has 1 aromatic heterocycles. The number of rotatable bonds is 9. The van der Waals surface area contributed by atoms with Crippen LogP contribution < -0.4 is 5.32 Å². The fourth-order valence-electron chi connectivity index (χ4n) is 3.49. The Morgan fingerprint density at radius 3 is 2.66 bits per heavy atom. The van der Waals surface area contributed by atoms with Crippen molar-refractivity contribution in [2.75, 3.05) is 19.8 Å². The number of benzene rings is 2. The summed E-state index contributed by atoms with van der Waals surface area (Å²) in [6.07, 6.45) is 5.12. The van der Waals surface area contributed by atoms with Crippen LogP contribution in [0.15, 0.2) is 46.9 Å². The van der Waals surface area contributed by atoms with Crippen LogP contribution in [0.4, 0.5) is 4.39 Å². The van der Waals surface area contributed by atoms with Gasteiger partial charge in [-0.05, 0) is 74.2 Å². The molecule has 1 amide bonds. The topological polar surface area (TPSA) is 88.8 Å². The second kappa shape index (κ2) is 10.3. The maximum atomic E-state index is 13.4. The van der Waals surface area contributed by atoms with Gasteiger partial charge in [0.15, 0.2) is 0 Å². The highest BCUT2D eigenvalue weighted by Gasteiger charge is 2.22. The minimum absolute atomic E-state index is 0.109. The van der Waals surface area contributed by atoms with Gasteiger partial charge in [-0.2, -0.15) is 0 Å². The summed E-state index contributed by atoms with van der Waals surface area (Å²) in [6.45, 7) is 3.84. The molecule has 3 rings (SSSR count). The van der Waals surface area contributed by atoms with Gasteiger partial charge in [0.05, 0.1) is 18.3 Å². The lowest BCUT2D eigenvalue weighted by molar-refractivity contribution is 0.0964. The zero-order chi connectivity index (χ0) is 23.3. The molecule has 1 heterocycles. The molecule has 170 valence electrons. The standard InChI is InChI=1S/C24H27FNO5P/c1-4-30-32(28,29)13-7-5-6-8-18-15-21-20(14-16(18)2)22(24(27)26-3)23(31-21)17-9-11-19(25)12-10-17/h6,8-12,14-15H,4-5,7,13H2,1-3H3,(H,26,27)(H,28,29). The Morgan fingerprint density at radius 2 is 2.00 bits per heavy atom. The van der Waals surface area contributed by atoms with Crippen LogP contribution in [0.2, 0.25) is 0 Å². The quantitative estimate of drug-likeness (QED) is 0.306. The summed E-state index contributed by atoms with van der Waals surface area (Å²) in [6, 6.07) is 9.56. The number of hydrogen-bond acceptors (Lipinski definition) is 4. The molecule has 0 fully saturated rings. The van der Waals surface area contributed by atoms with E-state index in [1.54, 1.807) is 26.1 Å². The summed E-state index contributed by atoms with van der Waals surface area (Å²) >= 11 is 0. The largest absolute Gasteiger partial charge is 0.455 e. The molecule has 0 aliphatic carbocycles. The average Bonchev–Trinajstić information content (AvgIpc) is 3.11. The Hall–Kier alpha value is -2.73. The van der Waals surface area contributed by atoms with Crippen molar-refractivity contribution in [3.8, 4) is 11.3 Å². The molecular formula is C24H27FNO5P. The SMILES string of the molecule is CCOP(=O)(O)CCCC=Cc1cc2oc(-c3ccc(F)cc3)c(C(=O)NC)c2cc1C. The van der Waals surface area contributed by atoms with Crippen molar-refractivity contribution >= 4 is 30.5 Å². The monoisotopic (exact) mass is 459 g/mol. The Bertz CT molecular complexity index is 1180. The lowest BCUT2D eigenvalue weighted by atomic mass is 10.0. The van der Waals surface area contributed by atoms with Gasteiger partial charge in [0.1, 0.15) is 17.2 Å². The molecule has 2 N–H and O–H groups in total. The van der Waals surface area contributed by atoms with Crippen molar-refractivity contribution in [1.82, 2.24) is 5.32 Å². The van der Waals surface area contributed by atoms with Crippen LogP contribution in [0.3, 0.4) is 0 Å². The van der Waals surface area contributed by atoms with E-state index < -0.39 is 7.60 Å². The van der Waals surface area contributed by atoms with E-state index in [9.17, 15) is 18.6 Å². The van der Waals surface area contributed by atoms with Crippen molar-refractivity contribution in [2.24, 2.45) is 0 Å². The van der Waals surface area contributed by atoms with Crippen LogP contribution >= 0.6 is 7.60 Å². The van der Waals surface area contributed by atoms with E-state index in [4.69, 9.17) is 8.94 Å². The first-order chi connectivity index (χ1) is 15.3. The molecule has 1 unspecified atom stereocenters. The van der Waals surface area contributed by atoms with Gasteiger partial charge < -0.3 is 19.2 Å². The van der Waals surface area contributed by atoms with Crippen molar-refractivity contribution in [3.05, 3.63) is 65.0 Å². The molecule has 0 radical (unpaired) electrons. The summed E-state index contributed by atoms with van der Waals surface area (Å²) in [5, 5.41) is 3.32. The molecule has 0 aliphatic rings. The van der Waals surface area contributed by atoms with Gasteiger partial charge in [-0.1, -0.05) is 12.2 Å². The molecule has 0 saturated heterocycles. The van der Waals surface area contributed by atoms with E-state index in [0.717, 1.165) is 11.1 Å². The molecule has 32 heavy (non-hydrogen) atoms. The van der Waals surface area contributed by atoms with Crippen LogP contribution in [0, 0.1) is 12.7 Å². The lowest BCUT2D eigenvalue weighted by Crippen LogP contribution is -2.18. The van der Waals surface area contributed by atoms with Gasteiger partial charge in [-0.25, -0.2) is 4.39 Å². The van der Waals surface area contributed by atoms with Crippen LogP contribution in [0.25, 0.3) is 28.4 Å². The number of aryl methyl sites for hydroxylation is 1. The maximum absolute atomic E-state index is 13.4. The molecule has 1 atom stereocenters. The van der Waals surface area contributed by atoms with Gasteiger partial charge in [-0.3, -0.25) is 9.36 Å². The summed E-state index contributed by atoms with van der Waals surface area (Å²) in [5.74, 6) is -0.267. The minimum Gasteiger partial charge on any atom is -0.455 e. The molecular weight excluding hydrogens is 432 g/mol. The number of furan rings is 1. The molecule has 0 spiro atoms. The second-order valence-electron chi connectivity index (χ2n) is 7.42. The highest BCUT2D eigenvalue weighted by Crippen LogP contribution is 2.42. The summed E-state index contributed by atoms with van der Waals surface area (Å²) in [4.78, 5) is 22.2. The van der Waals surface area contributed by atoms with Crippen molar-refractivity contribution in [2.45, 2.75) is 26.7 Å². The Morgan fingerprint density at radius 1 is 1.28 bits per heavy atom. The maximum Gasteiger partial charge on any atom is 0.328 e. The van der Waals surface area contributed by atoms with E-state index in [0.29, 0.717) is 40.7 Å². The second-order valence-corrected chi connectivity index (χ2v) is 9.40. The zero-order valence-electron chi connectivity index (χ0n) is 18.4. The number of amides is 1. The molecule has 3 aromatic rings. The third kappa shape index (κ3) is 5.54. The molecule has 6 nitrogen and oxygen atoms in total. The summed E-state index contributed by atoms with van der Waals surface area (Å²) in [5.41, 5.74) is 3.43. The number of hydrogen-bond donors (Lipinski definition) is 2. The third-order valence-corrected chi connectivity index (χ3v) is 6.62. The number of carbonyl (C=O) groups excluding carboxylic acids is 1. The van der Waals surface area contributed by atoms with Crippen LogP contribution in [0.5, 0.6) is 0 Å². The zero-order valence-corrected chi connectivity index (χ0v) is 19.2. The van der Waals surface area contributed by atoms with Gasteiger partial charge in [-0.15, -0.1) is 0 Å². The first kappa shape index (κ1) is 23.9. The molecule has 2 aromatic carbocycles. The minimum atomic E-state index is -3.50. The molecule has 8 heteroatoms. The fourth-order valence-corrected chi connectivity index (χ4v) is 4.60. The molecule has 0 saturated carbocycles. The fraction of sp³-hybridized carbons (Fsp3) is 0.292. The van der Waals surface area contributed by atoms with E-state index >= 15 is 0 Å².